The highest BCUT2D eigenvalue weighted by Crippen LogP contribution is 2.11. The van der Waals surface area contributed by atoms with E-state index >= 15 is 0 Å². The summed E-state index contributed by atoms with van der Waals surface area (Å²) in [5.41, 5.74) is 7.11. The highest BCUT2D eigenvalue weighted by Gasteiger charge is 2.01. The maximum absolute atomic E-state index is 11.4. The third kappa shape index (κ3) is 6.91. The number of hydrogen-bond acceptors (Lipinski definition) is 4. The molecule has 0 aromatic heterocycles. The number of nitrogens with one attached hydrogen (secondary N) is 1. The minimum atomic E-state index is -0.0723. The zero-order chi connectivity index (χ0) is 13.9. The van der Waals surface area contributed by atoms with Gasteiger partial charge < -0.3 is 20.5 Å². The molecule has 106 valence electrons. The van der Waals surface area contributed by atoms with Gasteiger partial charge in [-0.05, 0) is 24.6 Å². The number of amides is 1. The molecule has 3 N–H and O–H groups in total. The molecule has 0 aliphatic carbocycles. The van der Waals surface area contributed by atoms with Gasteiger partial charge in [-0.1, -0.05) is 12.1 Å². The summed E-state index contributed by atoms with van der Waals surface area (Å²) in [6.07, 6.45) is 0.328. The summed E-state index contributed by atoms with van der Waals surface area (Å²) in [7, 11) is 0. The van der Waals surface area contributed by atoms with Gasteiger partial charge in [-0.3, -0.25) is 4.79 Å². The third-order valence-corrected chi connectivity index (χ3v) is 2.43. The standard InChI is InChI=1S/C14H22N2O3/c1-2-18-8-9-19-11-12-4-3-5-13(10-12)16-14(17)6-7-15/h3-5,10H,2,6-9,11,15H2,1H3,(H,16,17). The Morgan fingerprint density at radius 2 is 2.11 bits per heavy atom. The molecule has 0 saturated carbocycles. The number of carbonyl (C=O) groups is 1. The number of nitrogens with two attached hydrogens (primary N) is 1. The summed E-state index contributed by atoms with van der Waals surface area (Å²) < 4.78 is 10.7. The second-order valence-corrected chi connectivity index (χ2v) is 4.04. The van der Waals surface area contributed by atoms with Crippen LogP contribution in [0.25, 0.3) is 0 Å². The van der Waals surface area contributed by atoms with E-state index in [2.05, 4.69) is 5.32 Å². The largest absolute Gasteiger partial charge is 0.379 e. The first kappa shape index (κ1) is 15.6. The number of hydrogen-bond donors (Lipinski definition) is 2. The van der Waals surface area contributed by atoms with Gasteiger partial charge in [0.25, 0.3) is 0 Å². The summed E-state index contributed by atoms with van der Waals surface area (Å²) in [6.45, 7) is 4.68. The number of anilines is 1. The van der Waals surface area contributed by atoms with Crippen LogP contribution in [-0.2, 0) is 20.9 Å². The molecular weight excluding hydrogens is 244 g/mol. The van der Waals surface area contributed by atoms with E-state index in [4.69, 9.17) is 15.2 Å². The summed E-state index contributed by atoms with van der Waals surface area (Å²) in [4.78, 5) is 11.4. The van der Waals surface area contributed by atoms with E-state index in [0.717, 1.165) is 11.3 Å². The van der Waals surface area contributed by atoms with Crippen LogP contribution in [0.1, 0.15) is 18.9 Å². The van der Waals surface area contributed by atoms with Crippen molar-refractivity contribution in [2.75, 3.05) is 31.7 Å². The fourth-order valence-corrected chi connectivity index (χ4v) is 1.55. The maximum Gasteiger partial charge on any atom is 0.225 e. The van der Waals surface area contributed by atoms with E-state index < -0.39 is 0 Å². The van der Waals surface area contributed by atoms with Gasteiger partial charge in [-0.2, -0.15) is 0 Å². The average Bonchev–Trinajstić information content (AvgIpc) is 2.39. The SMILES string of the molecule is CCOCCOCc1cccc(NC(=O)CCN)c1. The molecule has 0 saturated heterocycles. The molecule has 0 bridgehead atoms. The van der Waals surface area contributed by atoms with Crippen LogP contribution in [0.15, 0.2) is 24.3 Å². The lowest BCUT2D eigenvalue weighted by Crippen LogP contribution is -2.16. The second-order valence-electron chi connectivity index (χ2n) is 4.04. The van der Waals surface area contributed by atoms with Crippen LogP contribution >= 0.6 is 0 Å². The van der Waals surface area contributed by atoms with E-state index in [0.29, 0.717) is 39.4 Å². The van der Waals surface area contributed by atoms with Crippen LogP contribution in [0.3, 0.4) is 0 Å². The van der Waals surface area contributed by atoms with E-state index in [1.165, 1.54) is 0 Å². The van der Waals surface area contributed by atoms with E-state index in [1.807, 2.05) is 31.2 Å². The van der Waals surface area contributed by atoms with Crippen molar-refractivity contribution in [2.45, 2.75) is 20.0 Å². The predicted molar refractivity (Wildman–Crippen MR) is 74.9 cm³/mol. The zero-order valence-electron chi connectivity index (χ0n) is 11.4. The van der Waals surface area contributed by atoms with Gasteiger partial charge in [-0.15, -0.1) is 0 Å². The molecule has 0 radical (unpaired) electrons. The normalized spacial score (nSPS) is 10.4. The van der Waals surface area contributed by atoms with Crippen molar-refractivity contribution < 1.29 is 14.3 Å². The smallest absolute Gasteiger partial charge is 0.225 e. The average molecular weight is 266 g/mol. The Morgan fingerprint density at radius 3 is 2.84 bits per heavy atom. The molecule has 1 amide bonds. The van der Waals surface area contributed by atoms with Gasteiger partial charge in [0.2, 0.25) is 5.91 Å². The van der Waals surface area contributed by atoms with Crippen LogP contribution in [-0.4, -0.2) is 32.3 Å². The van der Waals surface area contributed by atoms with Gasteiger partial charge in [0.1, 0.15) is 0 Å². The minimum Gasteiger partial charge on any atom is -0.379 e. The fourth-order valence-electron chi connectivity index (χ4n) is 1.55. The van der Waals surface area contributed by atoms with Crippen molar-refractivity contribution in [1.29, 1.82) is 0 Å². The summed E-state index contributed by atoms with van der Waals surface area (Å²) in [5, 5.41) is 2.79. The van der Waals surface area contributed by atoms with Crippen molar-refractivity contribution in [2.24, 2.45) is 5.73 Å². The van der Waals surface area contributed by atoms with Crippen LogP contribution in [0.4, 0.5) is 5.69 Å². The molecule has 5 nitrogen and oxygen atoms in total. The van der Waals surface area contributed by atoms with Crippen molar-refractivity contribution in [3.8, 4) is 0 Å². The number of ether oxygens (including phenoxy) is 2. The first-order chi connectivity index (χ1) is 9.26. The fraction of sp³-hybridized carbons (Fsp3) is 0.500. The van der Waals surface area contributed by atoms with Crippen LogP contribution in [0.2, 0.25) is 0 Å². The molecule has 5 heteroatoms. The number of carbonyl (C=O) groups excluding carboxylic acids is 1. The number of rotatable bonds is 9. The lowest BCUT2D eigenvalue weighted by Gasteiger charge is -2.08. The minimum absolute atomic E-state index is 0.0723. The topological polar surface area (TPSA) is 73.6 Å². The Bertz CT molecular complexity index is 383. The van der Waals surface area contributed by atoms with E-state index in [9.17, 15) is 4.79 Å². The summed E-state index contributed by atoms with van der Waals surface area (Å²) in [6, 6.07) is 7.59. The Morgan fingerprint density at radius 1 is 1.32 bits per heavy atom. The molecule has 1 aromatic carbocycles. The molecule has 0 aliphatic heterocycles. The monoisotopic (exact) mass is 266 g/mol. The lowest BCUT2D eigenvalue weighted by atomic mass is 10.2. The summed E-state index contributed by atoms with van der Waals surface area (Å²) >= 11 is 0. The zero-order valence-corrected chi connectivity index (χ0v) is 11.4. The molecule has 0 heterocycles. The first-order valence-corrected chi connectivity index (χ1v) is 6.50. The van der Waals surface area contributed by atoms with Crippen molar-refractivity contribution in [1.82, 2.24) is 0 Å². The molecule has 1 rings (SSSR count). The molecule has 0 atom stereocenters. The lowest BCUT2D eigenvalue weighted by molar-refractivity contribution is -0.116. The highest BCUT2D eigenvalue weighted by atomic mass is 16.5. The molecule has 0 spiro atoms. The molecule has 19 heavy (non-hydrogen) atoms. The molecule has 1 aromatic rings. The molecule has 0 fully saturated rings. The molecule has 0 aliphatic rings. The molecular formula is C14H22N2O3. The van der Waals surface area contributed by atoms with Gasteiger partial charge in [0.15, 0.2) is 0 Å². The van der Waals surface area contributed by atoms with E-state index in [-0.39, 0.29) is 5.91 Å². The van der Waals surface area contributed by atoms with Crippen LogP contribution in [0.5, 0.6) is 0 Å². The van der Waals surface area contributed by atoms with Crippen molar-refractivity contribution in [3.05, 3.63) is 29.8 Å². The Balaban J connectivity index is 2.37. The number of benzene rings is 1. The predicted octanol–water partition coefficient (Wildman–Crippen LogP) is 1.53. The second kappa shape index (κ2) is 9.49. The Labute approximate surface area is 114 Å². The van der Waals surface area contributed by atoms with Crippen LogP contribution < -0.4 is 11.1 Å². The maximum atomic E-state index is 11.4. The van der Waals surface area contributed by atoms with Gasteiger partial charge in [0, 0.05) is 25.3 Å². The third-order valence-electron chi connectivity index (χ3n) is 2.43. The van der Waals surface area contributed by atoms with Crippen LogP contribution in [0, 0.1) is 0 Å². The van der Waals surface area contributed by atoms with Gasteiger partial charge >= 0.3 is 0 Å². The Kier molecular flexibility index (Phi) is 7.81. The Hall–Kier alpha value is -1.43. The van der Waals surface area contributed by atoms with Gasteiger partial charge in [0.05, 0.1) is 19.8 Å². The quantitative estimate of drug-likeness (QED) is 0.665. The van der Waals surface area contributed by atoms with Crippen molar-refractivity contribution >= 4 is 11.6 Å². The van der Waals surface area contributed by atoms with Gasteiger partial charge in [-0.25, -0.2) is 0 Å². The van der Waals surface area contributed by atoms with Crippen molar-refractivity contribution in [3.63, 3.8) is 0 Å². The molecule has 0 unspecified atom stereocenters. The first-order valence-electron chi connectivity index (χ1n) is 6.50. The van der Waals surface area contributed by atoms with E-state index in [1.54, 1.807) is 0 Å². The summed E-state index contributed by atoms with van der Waals surface area (Å²) in [5.74, 6) is -0.0723. The highest BCUT2D eigenvalue weighted by molar-refractivity contribution is 5.90.